The highest BCUT2D eigenvalue weighted by Crippen LogP contribution is 2.31. The van der Waals surface area contributed by atoms with Crippen LogP contribution in [-0.2, 0) is 4.79 Å². The Labute approximate surface area is 153 Å². The van der Waals surface area contributed by atoms with Gasteiger partial charge in [-0.25, -0.2) is 0 Å². The van der Waals surface area contributed by atoms with E-state index in [1.54, 1.807) is 12.1 Å². The smallest absolute Gasteiger partial charge is 0.293 e. The van der Waals surface area contributed by atoms with Gasteiger partial charge in [0.05, 0.1) is 4.91 Å². The van der Waals surface area contributed by atoms with Gasteiger partial charge in [0.2, 0.25) is 0 Å². The first-order chi connectivity index (χ1) is 12.6. The summed E-state index contributed by atoms with van der Waals surface area (Å²) in [6.45, 7) is 0.0943. The van der Waals surface area contributed by atoms with E-state index in [9.17, 15) is 19.2 Å². The highest BCUT2D eigenvalue weighted by molar-refractivity contribution is 8.18. The molecule has 1 aliphatic rings. The lowest BCUT2D eigenvalue weighted by Gasteiger charge is -2.12. The fraction of sp³-hybridized carbons (Fsp3) is 0.111. The molecule has 0 saturated carbocycles. The van der Waals surface area contributed by atoms with Gasteiger partial charge in [-0.3, -0.25) is 24.1 Å². The number of thioether (sulfide) groups is 1. The lowest BCUT2D eigenvalue weighted by molar-refractivity contribution is -0.122. The summed E-state index contributed by atoms with van der Waals surface area (Å²) < 4.78 is 0. The van der Waals surface area contributed by atoms with Crippen LogP contribution >= 0.6 is 11.8 Å². The van der Waals surface area contributed by atoms with Crippen molar-refractivity contribution >= 4 is 34.9 Å². The Morgan fingerprint density at radius 3 is 2.62 bits per heavy atom. The molecule has 0 unspecified atom stereocenters. The van der Waals surface area contributed by atoms with Crippen LogP contribution < -0.4 is 10.9 Å². The summed E-state index contributed by atoms with van der Waals surface area (Å²) in [5.74, 6) is -0.950. The monoisotopic (exact) mass is 369 g/mol. The Hall–Kier alpha value is -3.13. The molecule has 26 heavy (non-hydrogen) atoms. The first-order valence-corrected chi connectivity index (χ1v) is 8.64. The fourth-order valence-corrected chi connectivity index (χ4v) is 3.24. The number of nitrogens with zero attached hydrogens (tertiary/aromatic N) is 1. The third kappa shape index (κ3) is 3.92. The number of carbonyl (C=O) groups excluding carboxylic acids is 3. The first-order valence-electron chi connectivity index (χ1n) is 7.82. The van der Waals surface area contributed by atoms with Gasteiger partial charge in [0.1, 0.15) is 5.56 Å². The van der Waals surface area contributed by atoms with Gasteiger partial charge in [-0.05, 0) is 35.5 Å². The van der Waals surface area contributed by atoms with Gasteiger partial charge in [-0.1, -0.05) is 30.3 Å². The van der Waals surface area contributed by atoms with Gasteiger partial charge in [0.25, 0.3) is 22.6 Å². The lowest BCUT2D eigenvalue weighted by atomic mass is 10.2. The predicted octanol–water partition coefficient (Wildman–Crippen LogP) is 1.84. The van der Waals surface area contributed by atoms with Crippen molar-refractivity contribution in [2.45, 2.75) is 0 Å². The zero-order valence-electron chi connectivity index (χ0n) is 13.6. The second-order valence-electron chi connectivity index (χ2n) is 5.41. The molecular formula is C18H15N3O4S. The lowest BCUT2D eigenvalue weighted by Crippen LogP contribution is -2.38. The molecule has 0 bridgehead atoms. The number of aromatic nitrogens is 1. The number of nitrogens with one attached hydrogen (secondary N) is 2. The highest BCUT2D eigenvalue weighted by atomic mass is 32.2. The summed E-state index contributed by atoms with van der Waals surface area (Å²) in [6.07, 6.45) is 3.09. The molecule has 0 aliphatic carbocycles. The van der Waals surface area contributed by atoms with Crippen LogP contribution in [0.4, 0.5) is 4.79 Å². The summed E-state index contributed by atoms with van der Waals surface area (Å²) >= 11 is 0.865. The summed E-state index contributed by atoms with van der Waals surface area (Å²) in [6, 6.07) is 12.2. The Bertz CT molecular complexity index is 937. The molecule has 1 saturated heterocycles. The number of hydrogen-bond donors (Lipinski definition) is 2. The topological polar surface area (TPSA) is 99.3 Å². The molecule has 2 N–H and O–H groups in total. The van der Waals surface area contributed by atoms with Crippen molar-refractivity contribution in [2.24, 2.45) is 0 Å². The van der Waals surface area contributed by atoms with Gasteiger partial charge in [0.15, 0.2) is 0 Å². The third-order valence-electron chi connectivity index (χ3n) is 3.65. The van der Waals surface area contributed by atoms with Crippen LogP contribution in [0.2, 0.25) is 0 Å². The second kappa shape index (κ2) is 7.83. The number of imide groups is 1. The van der Waals surface area contributed by atoms with Gasteiger partial charge >= 0.3 is 0 Å². The van der Waals surface area contributed by atoms with Crippen molar-refractivity contribution in [3.8, 4) is 0 Å². The maximum atomic E-state index is 12.4. The maximum absolute atomic E-state index is 12.4. The van der Waals surface area contributed by atoms with Crippen LogP contribution in [0.1, 0.15) is 15.9 Å². The van der Waals surface area contributed by atoms with Crippen molar-refractivity contribution in [3.05, 3.63) is 75.0 Å². The zero-order valence-corrected chi connectivity index (χ0v) is 14.4. The van der Waals surface area contributed by atoms with Gasteiger partial charge in [0, 0.05) is 19.3 Å². The second-order valence-corrected chi connectivity index (χ2v) is 6.41. The van der Waals surface area contributed by atoms with Crippen molar-refractivity contribution in [3.63, 3.8) is 0 Å². The number of rotatable bonds is 5. The quantitative estimate of drug-likeness (QED) is 0.784. The van der Waals surface area contributed by atoms with E-state index in [-0.39, 0.29) is 23.9 Å². The minimum atomic E-state index is -0.557. The Balaban J connectivity index is 1.60. The minimum Gasteiger partial charge on any atom is -0.350 e. The molecule has 0 atom stereocenters. The number of pyridine rings is 1. The highest BCUT2D eigenvalue weighted by Gasteiger charge is 2.34. The summed E-state index contributed by atoms with van der Waals surface area (Å²) in [4.78, 5) is 51.8. The molecule has 1 aliphatic heterocycles. The molecule has 132 valence electrons. The molecule has 0 radical (unpaired) electrons. The molecule has 3 rings (SSSR count). The van der Waals surface area contributed by atoms with Crippen molar-refractivity contribution in [1.29, 1.82) is 0 Å². The maximum Gasteiger partial charge on any atom is 0.293 e. The standard InChI is InChI=1S/C18H15N3O4S/c22-15-13(7-4-8-19-15)16(23)20-9-10-21-17(24)14(26-18(21)25)11-12-5-2-1-3-6-12/h1-8,11H,9-10H2,(H,19,22)(H,20,23)/b14-11-. The van der Waals surface area contributed by atoms with Crippen LogP contribution in [0.25, 0.3) is 6.08 Å². The molecule has 3 amide bonds. The SMILES string of the molecule is O=C(NCCN1C(=O)S/C(=C\c2ccccc2)C1=O)c1ccc[nH]c1=O. The molecule has 2 heterocycles. The number of amides is 3. The average molecular weight is 369 g/mol. The molecule has 0 spiro atoms. The minimum absolute atomic E-state index is 0.0226. The molecule has 1 aromatic heterocycles. The molecule has 1 fully saturated rings. The van der Waals surface area contributed by atoms with E-state index in [0.717, 1.165) is 22.2 Å². The van der Waals surface area contributed by atoms with E-state index in [4.69, 9.17) is 0 Å². The van der Waals surface area contributed by atoms with Crippen LogP contribution in [0, 0.1) is 0 Å². The van der Waals surface area contributed by atoms with Gasteiger partial charge < -0.3 is 10.3 Å². The number of carbonyl (C=O) groups is 3. The van der Waals surface area contributed by atoms with E-state index in [1.165, 1.54) is 12.3 Å². The van der Waals surface area contributed by atoms with E-state index in [0.29, 0.717) is 4.91 Å². The van der Waals surface area contributed by atoms with E-state index in [1.807, 2.05) is 30.3 Å². The number of aromatic amines is 1. The van der Waals surface area contributed by atoms with Crippen LogP contribution in [0.3, 0.4) is 0 Å². The van der Waals surface area contributed by atoms with E-state index in [2.05, 4.69) is 10.3 Å². The predicted molar refractivity (Wildman–Crippen MR) is 98.5 cm³/mol. The van der Waals surface area contributed by atoms with Crippen LogP contribution in [0.5, 0.6) is 0 Å². The van der Waals surface area contributed by atoms with Gasteiger partial charge in [-0.15, -0.1) is 0 Å². The largest absolute Gasteiger partial charge is 0.350 e. The van der Waals surface area contributed by atoms with Crippen LogP contribution in [-0.4, -0.2) is 40.0 Å². The van der Waals surface area contributed by atoms with Crippen LogP contribution in [0.15, 0.2) is 58.4 Å². The van der Waals surface area contributed by atoms with Crippen molar-refractivity contribution in [1.82, 2.24) is 15.2 Å². The van der Waals surface area contributed by atoms with Gasteiger partial charge in [-0.2, -0.15) is 0 Å². The number of hydrogen-bond acceptors (Lipinski definition) is 5. The van der Waals surface area contributed by atoms with Crippen molar-refractivity contribution in [2.75, 3.05) is 13.1 Å². The Morgan fingerprint density at radius 1 is 1.12 bits per heavy atom. The summed E-state index contributed by atoms with van der Waals surface area (Å²) in [7, 11) is 0. The Kier molecular flexibility index (Phi) is 5.33. The molecule has 7 nitrogen and oxygen atoms in total. The Morgan fingerprint density at radius 2 is 1.88 bits per heavy atom. The van der Waals surface area contributed by atoms with Crippen molar-refractivity contribution < 1.29 is 14.4 Å². The summed E-state index contributed by atoms with van der Waals surface area (Å²) in [5.41, 5.74) is 0.308. The average Bonchev–Trinajstić information content (AvgIpc) is 2.90. The molecule has 8 heteroatoms. The number of benzene rings is 1. The molecular weight excluding hydrogens is 354 g/mol. The third-order valence-corrected chi connectivity index (χ3v) is 4.56. The van der Waals surface area contributed by atoms with E-state index >= 15 is 0 Å². The molecule has 1 aromatic carbocycles. The summed E-state index contributed by atoms with van der Waals surface area (Å²) in [5, 5.41) is 2.15. The van der Waals surface area contributed by atoms with E-state index < -0.39 is 17.4 Å². The number of H-pyrrole nitrogens is 1. The zero-order chi connectivity index (χ0) is 18.5. The fourth-order valence-electron chi connectivity index (χ4n) is 2.37. The molecule has 2 aromatic rings. The normalized spacial score (nSPS) is 15.5. The first kappa shape index (κ1) is 17.7.